The number of aromatic nitrogens is 1. The maximum Gasteiger partial charge on any atom is 0.306 e. The molecular formula is C19H19NO3S. The lowest BCUT2D eigenvalue weighted by atomic mass is 10.1. The fraction of sp³-hybridized carbons (Fsp3) is 0.263. The smallest absolute Gasteiger partial charge is 0.306 e. The molecule has 5 heteroatoms. The Bertz CT molecular complexity index is 849. The molecule has 3 rings (SSSR count). The summed E-state index contributed by atoms with van der Waals surface area (Å²) in [4.78, 5) is 28.7. The molecule has 0 atom stereocenters. The number of carbonyl (C=O) groups is 2. The average Bonchev–Trinajstić information content (AvgIpc) is 3.19. The topological polar surface area (TPSA) is 59.2 Å². The van der Waals surface area contributed by atoms with E-state index in [1.165, 1.54) is 4.88 Å². The number of Topliss-reactive ketones (excluding diaryl/α,β-unsaturated/α-hetero) is 1. The van der Waals surface area contributed by atoms with E-state index in [9.17, 15) is 9.59 Å². The maximum atomic E-state index is 12.4. The maximum absolute atomic E-state index is 12.4. The summed E-state index contributed by atoms with van der Waals surface area (Å²) in [6.07, 6.45) is 1.93. The number of hydrogen-bond acceptors (Lipinski definition) is 4. The first kappa shape index (κ1) is 16.5. The van der Waals surface area contributed by atoms with Crippen LogP contribution in [0.3, 0.4) is 0 Å². The van der Waals surface area contributed by atoms with Crippen LogP contribution in [0, 0.1) is 6.92 Å². The molecule has 0 saturated heterocycles. The van der Waals surface area contributed by atoms with Gasteiger partial charge in [0.25, 0.3) is 0 Å². The van der Waals surface area contributed by atoms with Crippen LogP contribution < -0.4 is 0 Å². The van der Waals surface area contributed by atoms with Crippen LogP contribution in [0.4, 0.5) is 0 Å². The molecule has 0 fully saturated rings. The van der Waals surface area contributed by atoms with Gasteiger partial charge in [-0.3, -0.25) is 9.59 Å². The van der Waals surface area contributed by atoms with E-state index in [0.717, 1.165) is 29.4 Å². The zero-order valence-corrected chi connectivity index (χ0v) is 14.3. The number of thiophene rings is 1. The molecule has 4 nitrogen and oxygen atoms in total. The van der Waals surface area contributed by atoms with Crippen LogP contribution in [0.5, 0.6) is 0 Å². The molecule has 1 N–H and O–H groups in total. The van der Waals surface area contributed by atoms with Crippen molar-refractivity contribution in [3.63, 3.8) is 0 Å². The number of aromatic amines is 1. The number of benzene rings is 1. The van der Waals surface area contributed by atoms with E-state index in [2.05, 4.69) is 11.1 Å². The van der Waals surface area contributed by atoms with Crippen molar-refractivity contribution in [2.45, 2.75) is 26.2 Å². The van der Waals surface area contributed by atoms with Crippen molar-refractivity contribution in [3.8, 4) is 0 Å². The summed E-state index contributed by atoms with van der Waals surface area (Å²) in [5.74, 6) is -0.492. The first-order chi connectivity index (χ1) is 11.6. The van der Waals surface area contributed by atoms with Gasteiger partial charge in [-0.1, -0.05) is 24.3 Å². The molecule has 0 aliphatic rings. The number of para-hydroxylation sites is 1. The Morgan fingerprint density at radius 2 is 2.00 bits per heavy atom. The molecule has 0 unspecified atom stereocenters. The van der Waals surface area contributed by atoms with Gasteiger partial charge in [0.2, 0.25) is 5.78 Å². The van der Waals surface area contributed by atoms with Crippen molar-refractivity contribution in [3.05, 3.63) is 57.9 Å². The lowest BCUT2D eigenvalue weighted by Crippen LogP contribution is -2.14. The minimum Gasteiger partial charge on any atom is -0.457 e. The first-order valence-corrected chi connectivity index (χ1v) is 8.81. The van der Waals surface area contributed by atoms with Crippen LogP contribution in [0.25, 0.3) is 10.9 Å². The second-order valence-electron chi connectivity index (χ2n) is 5.69. The van der Waals surface area contributed by atoms with Gasteiger partial charge in [-0.15, -0.1) is 11.3 Å². The van der Waals surface area contributed by atoms with Gasteiger partial charge in [0.1, 0.15) is 0 Å². The molecule has 0 aliphatic heterocycles. The Hall–Kier alpha value is -2.40. The van der Waals surface area contributed by atoms with Crippen molar-refractivity contribution in [1.29, 1.82) is 0 Å². The summed E-state index contributed by atoms with van der Waals surface area (Å²) in [6, 6.07) is 11.7. The van der Waals surface area contributed by atoms with E-state index in [1.54, 1.807) is 11.3 Å². The predicted molar refractivity (Wildman–Crippen MR) is 95.6 cm³/mol. The van der Waals surface area contributed by atoms with Gasteiger partial charge < -0.3 is 9.72 Å². The lowest BCUT2D eigenvalue weighted by Gasteiger charge is -2.04. The summed E-state index contributed by atoms with van der Waals surface area (Å²) in [7, 11) is 0. The van der Waals surface area contributed by atoms with Crippen molar-refractivity contribution in [1.82, 2.24) is 4.98 Å². The molecule has 2 aromatic heterocycles. The van der Waals surface area contributed by atoms with Gasteiger partial charge in [-0.05, 0) is 37.3 Å². The largest absolute Gasteiger partial charge is 0.457 e. The van der Waals surface area contributed by atoms with Gasteiger partial charge in [-0.2, -0.15) is 0 Å². The molecule has 2 heterocycles. The number of nitrogens with one attached hydrogen (secondary N) is 1. The molecule has 124 valence electrons. The number of carbonyl (C=O) groups excluding carboxylic acids is 2. The van der Waals surface area contributed by atoms with Crippen LogP contribution in [0.15, 0.2) is 41.8 Å². The number of ketones is 1. The van der Waals surface area contributed by atoms with Gasteiger partial charge in [0.15, 0.2) is 6.61 Å². The van der Waals surface area contributed by atoms with E-state index in [0.29, 0.717) is 12.0 Å². The fourth-order valence-electron chi connectivity index (χ4n) is 2.79. The SMILES string of the molecule is Cc1[nH]c2ccccc2c1C(=O)COC(=O)CCCc1cccs1. The minimum atomic E-state index is -0.322. The normalized spacial score (nSPS) is 10.9. The Balaban J connectivity index is 1.53. The van der Waals surface area contributed by atoms with Crippen LogP contribution in [-0.4, -0.2) is 23.3 Å². The predicted octanol–water partition coefficient (Wildman–Crippen LogP) is 4.29. The van der Waals surface area contributed by atoms with Gasteiger partial charge in [0, 0.05) is 33.5 Å². The van der Waals surface area contributed by atoms with Crippen molar-refractivity contribution in [2.75, 3.05) is 6.61 Å². The number of esters is 1. The van der Waals surface area contributed by atoms with Crippen molar-refractivity contribution >= 4 is 34.0 Å². The third-order valence-electron chi connectivity index (χ3n) is 3.92. The highest BCUT2D eigenvalue weighted by Crippen LogP contribution is 2.22. The van der Waals surface area contributed by atoms with Gasteiger partial charge in [-0.25, -0.2) is 0 Å². The Kier molecular flexibility index (Phi) is 5.11. The highest BCUT2D eigenvalue weighted by atomic mass is 32.1. The molecule has 0 spiro atoms. The molecule has 1 aromatic carbocycles. The average molecular weight is 341 g/mol. The molecular weight excluding hydrogens is 322 g/mol. The van der Waals surface area contributed by atoms with Crippen molar-refractivity contribution in [2.24, 2.45) is 0 Å². The second kappa shape index (κ2) is 7.45. The number of rotatable bonds is 7. The van der Waals surface area contributed by atoms with E-state index in [1.807, 2.05) is 42.6 Å². The van der Waals surface area contributed by atoms with Gasteiger partial charge >= 0.3 is 5.97 Å². The highest BCUT2D eigenvalue weighted by molar-refractivity contribution is 7.09. The lowest BCUT2D eigenvalue weighted by molar-refractivity contribution is -0.142. The molecule has 24 heavy (non-hydrogen) atoms. The number of hydrogen-bond donors (Lipinski definition) is 1. The molecule has 0 radical (unpaired) electrons. The number of ether oxygens (including phenoxy) is 1. The third-order valence-corrected chi connectivity index (χ3v) is 4.86. The molecule has 0 saturated carbocycles. The summed E-state index contributed by atoms with van der Waals surface area (Å²) in [6.45, 7) is 1.65. The summed E-state index contributed by atoms with van der Waals surface area (Å²) in [5, 5.41) is 2.89. The summed E-state index contributed by atoms with van der Waals surface area (Å²) < 4.78 is 5.15. The standard InChI is InChI=1S/C19H19NO3S/c1-13-19(15-8-2-3-9-16(15)20-13)17(21)12-23-18(22)10-4-6-14-7-5-11-24-14/h2-3,5,7-9,11,20H,4,6,10,12H2,1H3. The Labute approximate surface area is 144 Å². The zero-order chi connectivity index (χ0) is 16.9. The van der Waals surface area contributed by atoms with Crippen LogP contribution >= 0.6 is 11.3 Å². The van der Waals surface area contributed by atoms with Crippen molar-refractivity contribution < 1.29 is 14.3 Å². The van der Waals surface area contributed by atoms with Gasteiger partial charge in [0.05, 0.1) is 0 Å². The van der Waals surface area contributed by atoms with Crippen LogP contribution in [-0.2, 0) is 16.0 Å². The Morgan fingerprint density at radius 3 is 2.79 bits per heavy atom. The Morgan fingerprint density at radius 1 is 1.17 bits per heavy atom. The highest BCUT2D eigenvalue weighted by Gasteiger charge is 2.17. The van der Waals surface area contributed by atoms with E-state index in [-0.39, 0.29) is 18.4 Å². The molecule has 3 aromatic rings. The zero-order valence-electron chi connectivity index (χ0n) is 13.5. The monoisotopic (exact) mass is 341 g/mol. The number of aryl methyl sites for hydroxylation is 2. The fourth-order valence-corrected chi connectivity index (χ4v) is 3.54. The second-order valence-corrected chi connectivity index (χ2v) is 6.72. The van der Waals surface area contributed by atoms with E-state index >= 15 is 0 Å². The summed E-state index contributed by atoms with van der Waals surface area (Å²) in [5.41, 5.74) is 2.33. The summed E-state index contributed by atoms with van der Waals surface area (Å²) >= 11 is 1.68. The first-order valence-electron chi connectivity index (χ1n) is 7.93. The van der Waals surface area contributed by atoms with E-state index in [4.69, 9.17) is 4.74 Å². The number of fused-ring (bicyclic) bond motifs is 1. The quantitative estimate of drug-likeness (QED) is 0.515. The number of H-pyrrole nitrogens is 1. The minimum absolute atomic E-state index is 0.170. The third kappa shape index (κ3) is 3.74. The van der Waals surface area contributed by atoms with Crippen LogP contribution in [0.1, 0.15) is 33.8 Å². The molecule has 0 amide bonds. The molecule has 0 aliphatic carbocycles. The molecule has 0 bridgehead atoms. The van der Waals surface area contributed by atoms with E-state index < -0.39 is 0 Å². The van der Waals surface area contributed by atoms with Crippen LogP contribution in [0.2, 0.25) is 0 Å².